The van der Waals surface area contributed by atoms with Crippen molar-refractivity contribution in [2.75, 3.05) is 7.11 Å². The Kier molecular flexibility index (Phi) is 8.07. The third kappa shape index (κ3) is 6.25. The summed E-state index contributed by atoms with van der Waals surface area (Å²) in [6, 6.07) is 13.5. The van der Waals surface area contributed by atoms with Crippen molar-refractivity contribution >= 4 is 22.7 Å². The number of methoxy groups -OCH3 is 1. The normalized spacial score (nSPS) is 14.7. The van der Waals surface area contributed by atoms with Gasteiger partial charge in [0, 0.05) is 18.0 Å². The van der Waals surface area contributed by atoms with E-state index in [1.54, 1.807) is 7.11 Å². The zero-order chi connectivity index (χ0) is 19.6. The van der Waals surface area contributed by atoms with Crippen molar-refractivity contribution in [2.24, 2.45) is 0 Å². The van der Waals surface area contributed by atoms with Gasteiger partial charge in [-0.15, -0.1) is 0 Å². The van der Waals surface area contributed by atoms with Crippen molar-refractivity contribution in [3.63, 3.8) is 0 Å². The fourth-order valence-corrected chi connectivity index (χ4v) is 3.40. The van der Waals surface area contributed by atoms with E-state index in [0.717, 1.165) is 12.3 Å². The van der Waals surface area contributed by atoms with Crippen LogP contribution in [0, 0.1) is 0 Å². The minimum atomic E-state index is -1.82. The van der Waals surface area contributed by atoms with Gasteiger partial charge in [-0.2, -0.15) is 0 Å². The first-order valence-electron chi connectivity index (χ1n) is 9.27. The molecular formula is C21H27NO5. The smallest absolute Gasteiger partial charge is 0.414 e. The Morgan fingerprint density at radius 1 is 0.963 bits per heavy atom. The highest BCUT2D eigenvalue weighted by molar-refractivity contribution is 6.27. The molecule has 0 aliphatic heterocycles. The van der Waals surface area contributed by atoms with Gasteiger partial charge >= 0.3 is 11.9 Å². The summed E-state index contributed by atoms with van der Waals surface area (Å²) in [5, 5.41) is 21.1. The number of benzene rings is 2. The molecule has 0 amide bonds. The number of hydrogen-bond donors (Lipinski definition) is 3. The molecule has 1 aliphatic carbocycles. The second kappa shape index (κ2) is 10.5. The van der Waals surface area contributed by atoms with Crippen LogP contribution < -0.4 is 10.1 Å². The van der Waals surface area contributed by atoms with Gasteiger partial charge in [-0.05, 0) is 29.9 Å². The van der Waals surface area contributed by atoms with Crippen molar-refractivity contribution < 1.29 is 24.5 Å². The number of carbonyl (C=O) groups is 2. The average molecular weight is 373 g/mol. The Hall–Kier alpha value is -2.60. The van der Waals surface area contributed by atoms with Gasteiger partial charge < -0.3 is 20.3 Å². The van der Waals surface area contributed by atoms with Crippen LogP contribution in [0.1, 0.15) is 44.1 Å². The number of rotatable bonds is 4. The van der Waals surface area contributed by atoms with Gasteiger partial charge in [0.1, 0.15) is 5.75 Å². The van der Waals surface area contributed by atoms with Crippen LogP contribution >= 0.6 is 0 Å². The molecule has 6 nitrogen and oxygen atoms in total. The largest absolute Gasteiger partial charge is 0.496 e. The zero-order valence-electron chi connectivity index (χ0n) is 15.6. The first kappa shape index (κ1) is 20.7. The quantitative estimate of drug-likeness (QED) is 0.557. The molecule has 0 aromatic heterocycles. The molecule has 6 heteroatoms. The summed E-state index contributed by atoms with van der Waals surface area (Å²) in [6.07, 6.45) is 8.22. The third-order valence-corrected chi connectivity index (χ3v) is 4.81. The van der Waals surface area contributed by atoms with Crippen molar-refractivity contribution in [2.45, 2.75) is 51.1 Å². The van der Waals surface area contributed by atoms with E-state index in [1.165, 1.54) is 54.9 Å². The minimum Gasteiger partial charge on any atom is -0.496 e. The van der Waals surface area contributed by atoms with E-state index >= 15 is 0 Å². The highest BCUT2D eigenvalue weighted by atomic mass is 16.5. The Bertz CT molecular complexity index is 754. The van der Waals surface area contributed by atoms with E-state index in [1.807, 2.05) is 0 Å². The van der Waals surface area contributed by atoms with Gasteiger partial charge in [-0.1, -0.05) is 56.0 Å². The molecule has 0 unspecified atom stereocenters. The number of ether oxygens (including phenoxy) is 1. The second-order valence-electron chi connectivity index (χ2n) is 6.65. The maximum absolute atomic E-state index is 9.10. The van der Waals surface area contributed by atoms with E-state index in [-0.39, 0.29) is 0 Å². The molecule has 27 heavy (non-hydrogen) atoms. The Morgan fingerprint density at radius 2 is 1.56 bits per heavy atom. The van der Waals surface area contributed by atoms with Crippen LogP contribution in [0.2, 0.25) is 0 Å². The summed E-state index contributed by atoms with van der Waals surface area (Å²) in [7, 11) is 1.74. The molecule has 0 radical (unpaired) electrons. The molecule has 1 aliphatic rings. The molecule has 3 N–H and O–H groups in total. The van der Waals surface area contributed by atoms with Crippen LogP contribution in [0.25, 0.3) is 10.8 Å². The van der Waals surface area contributed by atoms with Crippen LogP contribution in [0.15, 0.2) is 36.4 Å². The summed E-state index contributed by atoms with van der Waals surface area (Å²) in [5.41, 5.74) is 1.37. The molecule has 1 fully saturated rings. The van der Waals surface area contributed by atoms with E-state index < -0.39 is 11.9 Å². The Balaban J connectivity index is 0.000000380. The minimum absolute atomic E-state index is 0.688. The Morgan fingerprint density at radius 3 is 2.11 bits per heavy atom. The van der Waals surface area contributed by atoms with Crippen LogP contribution in [-0.4, -0.2) is 35.3 Å². The molecule has 0 heterocycles. The standard InChI is InChI=1S/C19H25NO.C2H2O4/c1-21-19-13-12-15(17-10-6-7-11-18(17)19)14-20-16-8-4-2-3-5-9-16;3-1(4)2(5)6/h6-7,10-13,16,20H,2-5,8-9,14H2,1H3;(H,3,4)(H,5,6). The molecule has 3 rings (SSSR count). The predicted octanol–water partition coefficient (Wildman–Crippen LogP) is 3.82. The maximum Gasteiger partial charge on any atom is 0.414 e. The number of nitrogens with one attached hydrogen (secondary N) is 1. The first-order valence-corrected chi connectivity index (χ1v) is 9.27. The number of hydrogen-bond acceptors (Lipinski definition) is 4. The molecule has 2 aromatic carbocycles. The third-order valence-electron chi connectivity index (χ3n) is 4.81. The fourth-order valence-electron chi connectivity index (χ4n) is 3.40. The molecule has 146 valence electrons. The van der Waals surface area contributed by atoms with Gasteiger partial charge in [-0.3, -0.25) is 0 Å². The van der Waals surface area contributed by atoms with Crippen LogP contribution in [0.5, 0.6) is 5.75 Å². The van der Waals surface area contributed by atoms with Gasteiger partial charge in [0.25, 0.3) is 0 Å². The van der Waals surface area contributed by atoms with Crippen molar-refractivity contribution in [1.29, 1.82) is 0 Å². The van der Waals surface area contributed by atoms with Gasteiger partial charge in [0.05, 0.1) is 7.11 Å². The first-order chi connectivity index (χ1) is 13.0. The molecule has 0 atom stereocenters. The average Bonchev–Trinajstić information content (AvgIpc) is 2.95. The van der Waals surface area contributed by atoms with Crippen LogP contribution in [0.3, 0.4) is 0 Å². The molecule has 1 saturated carbocycles. The lowest BCUT2D eigenvalue weighted by atomic mass is 10.0. The lowest BCUT2D eigenvalue weighted by Gasteiger charge is -2.17. The fraction of sp³-hybridized carbons (Fsp3) is 0.429. The monoisotopic (exact) mass is 373 g/mol. The number of fused-ring (bicyclic) bond motifs is 1. The van der Waals surface area contributed by atoms with Gasteiger partial charge in [0.2, 0.25) is 0 Å². The highest BCUT2D eigenvalue weighted by Gasteiger charge is 2.12. The topological polar surface area (TPSA) is 95.9 Å². The molecular weight excluding hydrogens is 346 g/mol. The highest BCUT2D eigenvalue weighted by Crippen LogP contribution is 2.28. The summed E-state index contributed by atoms with van der Waals surface area (Å²) in [4.78, 5) is 18.2. The number of carboxylic acid groups (broad SMARTS) is 2. The molecule has 0 saturated heterocycles. The second-order valence-corrected chi connectivity index (χ2v) is 6.65. The van der Waals surface area contributed by atoms with Gasteiger partial charge in [0.15, 0.2) is 0 Å². The molecule has 0 bridgehead atoms. The van der Waals surface area contributed by atoms with Crippen molar-refractivity contribution in [1.82, 2.24) is 5.32 Å². The predicted molar refractivity (Wildman–Crippen MR) is 104 cm³/mol. The van der Waals surface area contributed by atoms with E-state index in [2.05, 4.69) is 41.7 Å². The summed E-state index contributed by atoms with van der Waals surface area (Å²) < 4.78 is 5.47. The number of aliphatic carboxylic acids is 2. The maximum atomic E-state index is 9.10. The number of carboxylic acids is 2. The zero-order valence-corrected chi connectivity index (χ0v) is 15.6. The lowest BCUT2D eigenvalue weighted by Crippen LogP contribution is -2.27. The SMILES string of the molecule is COc1ccc(CNC2CCCCCC2)c2ccccc12.O=C(O)C(=O)O. The summed E-state index contributed by atoms with van der Waals surface area (Å²) in [6.45, 7) is 0.954. The van der Waals surface area contributed by atoms with E-state index in [9.17, 15) is 0 Å². The molecule has 2 aromatic rings. The van der Waals surface area contributed by atoms with Crippen LogP contribution in [0.4, 0.5) is 0 Å². The van der Waals surface area contributed by atoms with E-state index in [4.69, 9.17) is 24.5 Å². The van der Waals surface area contributed by atoms with E-state index in [0.29, 0.717) is 6.04 Å². The Labute approximate surface area is 159 Å². The van der Waals surface area contributed by atoms with Crippen LogP contribution in [-0.2, 0) is 16.1 Å². The van der Waals surface area contributed by atoms with Crippen molar-refractivity contribution in [3.05, 3.63) is 42.0 Å². The lowest BCUT2D eigenvalue weighted by molar-refractivity contribution is -0.159. The molecule has 0 spiro atoms. The summed E-state index contributed by atoms with van der Waals surface area (Å²) in [5.74, 6) is -2.69. The van der Waals surface area contributed by atoms with Gasteiger partial charge in [-0.25, -0.2) is 9.59 Å². The summed E-state index contributed by atoms with van der Waals surface area (Å²) >= 11 is 0. The van der Waals surface area contributed by atoms with Crippen molar-refractivity contribution in [3.8, 4) is 5.75 Å².